The van der Waals surface area contributed by atoms with Gasteiger partial charge in [-0.05, 0) is 35.4 Å². The average Bonchev–Trinajstić information content (AvgIpc) is 2.72. The number of aromatic hydroxyl groups is 2. The van der Waals surface area contributed by atoms with Gasteiger partial charge in [-0.25, -0.2) is 8.42 Å². The minimum atomic E-state index is -5.08. The second kappa shape index (κ2) is 11.6. The van der Waals surface area contributed by atoms with Crippen LogP contribution in [0.4, 0.5) is 0 Å². The van der Waals surface area contributed by atoms with Gasteiger partial charge < -0.3 is 39.6 Å². The van der Waals surface area contributed by atoms with Crippen LogP contribution in [0.5, 0.6) is 17.2 Å². The van der Waals surface area contributed by atoms with Crippen molar-refractivity contribution in [2.75, 3.05) is 6.61 Å². The van der Waals surface area contributed by atoms with E-state index in [4.69, 9.17) is 9.47 Å². The van der Waals surface area contributed by atoms with Crippen LogP contribution in [-0.4, -0.2) is 75.8 Å². The van der Waals surface area contributed by atoms with E-state index < -0.39 is 47.7 Å². The molecule has 1 aliphatic rings. The van der Waals surface area contributed by atoms with E-state index >= 15 is 0 Å². The number of ether oxygens (including phenoxy) is 2. The van der Waals surface area contributed by atoms with Crippen LogP contribution in [-0.2, 0) is 19.3 Å². The summed E-state index contributed by atoms with van der Waals surface area (Å²) in [4.78, 5) is 0. The maximum absolute atomic E-state index is 10.6. The molecule has 174 valence electrons. The van der Waals surface area contributed by atoms with Gasteiger partial charge in [0.15, 0.2) is 0 Å². The normalized spacial score (nSPS) is 25.5. The fraction of sp³-hybridized carbons (Fsp3) is 0.300. The van der Waals surface area contributed by atoms with Gasteiger partial charge in [0.2, 0.25) is 16.7 Å². The molecule has 0 spiro atoms. The molecule has 0 saturated carbocycles. The molecule has 2 aromatic rings. The monoisotopic (exact) mass is 492 g/mol. The Labute approximate surface area is 211 Å². The first-order valence-corrected chi connectivity index (χ1v) is 10.6. The summed E-state index contributed by atoms with van der Waals surface area (Å²) in [6.07, 6.45) is -4.99. The zero-order valence-electron chi connectivity index (χ0n) is 17.4. The summed E-state index contributed by atoms with van der Waals surface area (Å²) in [5.74, 6) is -0.0414. The van der Waals surface area contributed by atoms with Gasteiger partial charge in [-0.15, -0.1) is 0 Å². The molecule has 13 heteroatoms. The standard InChI is InChI=1S/C20H22O11S.Na/c21-13-5-3-11(4-6-13)1-2-12-7-14(22)9-15(8-12)30-20-19(25)18(24)17(23)16(31-20)10-29-32(26,27)28;/h1-9,16-25H,10H2,(H,26,27,28);/q;+1/p-1/b2-1-;/t16-,17-,18+,19-,20-;/m1./s1. The van der Waals surface area contributed by atoms with Crippen molar-refractivity contribution < 1.29 is 81.7 Å². The Morgan fingerprint density at radius 2 is 1.55 bits per heavy atom. The van der Waals surface area contributed by atoms with Gasteiger partial charge in [0.05, 0.1) is 6.61 Å². The molecule has 1 saturated heterocycles. The van der Waals surface area contributed by atoms with Crippen molar-refractivity contribution in [1.82, 2.24) is 0 Å². The van der Waals surface area contributed by atoms with Crippen LogP contribution < -0.4 is 34.3 Å². The minimum Gasteiger partial charge on any atom is -0.726 e. The summed E-state index contributed by atoms with van der Waals surface area (Å²) in [5, 5.41) is 49.4. The van der Waals surface area contributed by atoms with Gasteiger partial charge in [-0.2, -0.15) is 0 Å². The van der Waals surface area contributed by atoms with E-state index in [1.807, 2.05) is 0 Å². The molecule has 2 aromatic carbocycles. The molecule has 0 aromatic heterocycles. The fourth-order valence-electron chi connectivity index (χ4n) is 2.98. The summed E-state index contributed by atoms with van der Waals surface area (Å²) in [6.45, 7) is -0.905. The number of aliphatic hydroxyl groups excluding tert-OH is 3. The van der Waals surface area contributed by atoms with Crippen LogP contribution >= 0.6 is 0 Å². The Kier molecular flexibility index (Phi) is 9.70. The summed E-state index contributed by atoms with van der Waals surface area (Å²) >= 11 is 0. The van der Waals surface area contributed by atoms with E-state index in [1.54, 1.807) is 24.3 Å². The third-order valence-electron chi connectivity index (χ3n) is 4.57. The van der Waals surface area contributed by atoms with E-state index in [9.17, 15) is 38.5 Å². The van der Waals surface area contributed by atoms with Gasteiger partial charge in [0.1, 0.15) is 41.7 Å². The molecule has 0 unspecified atom stereocenters. The van der Waals surface area contributed by atoms with Crippen LogP contribution in [0.1, 0.15) is 11.1 Å². The molecule has 3 rings (SSSR count). The van der Waals surface area contributed by atoms with Crippen LogP contribution in [0.25, 0.3) is 12.2 Å². The Morgan fingerprint density at radius 1 is 0.909 bits per heavy atom. The van der Waals surface area contributed by atoms with Crippen LogP contribution in [0.3, 0.4) is 0 Å². The van der Waals surface area contributed by atoms with Crippen molar-refractivity contribution in [3.63, 3.8) is 0 Å². The predicted molar refractivity (Wildman–Crippen MR) is 108 cm³/mol. The second-order valence-electron chi connectivity index (χ2n) is 7.01. The molecule has 11 nitrogen and oxygen atoms in total. The number of hydrogen-bond donors (Lipinski definition) is 5. The molecule has 1 aliphatic heterocycles. The summed E-state index contributed by atoms with van der Waals surface area (Å²) in [7, 11) is -5.08. The fourth-order valence-corrected chi connectivity index (χ4v) is 3.28. The number of rotatable bonds is 7. The van der Waals surface area contributed by atoms with Crippen molar-refractivity contribution in [3.8, 4) is 17.2 Å². The molecular weight excluding hydrogens is 471 g/mol. The number of aliphatic hydroxyl groups is 3. The maximum Gasteiger partial charge on any atom is 1.00 e. The van der Waals surface area contributed by atoms with Crippen LogP contribution in [0, 0.1) is 0 Å². The van der Waals surface area contributed by atoms with Gasteiger partial charge in [-0.1, -0.05) is 24.3 Å². The van der Waals surface area contributed by atoms with Gasteiger partial charge in [-0.3, -0.25) is 4.18 Å². The van der Waals surface area contributed by atoms with E-state index in [0.717, 1.165) is 5.56 Å². The van der Waals surface area contributed by atoms with E-state index in [1.165, 1.54) is 30.3 Å². The molecule has 1 heterocycles. The van der Waals surface area contributed by atoms with Crippen LogP contribution in [0.2, 0.25) is 0 Å². The first-order valence-electron chi connectivity index (χ1n) is 9.29. The van der Waals surface area contributed by atoms with E-state index in [0.29, 0.717) is 5.56 Å². The maximum atomic E-state index is 10.6. The number of benzene rings is 2. The largest absolute Gasteiger partial charge is 1.00 e. The van der Waals surface area contributed by atoms with Crippen molar-refractivity contribution in [3.05, 3.63) is 53.6 Å². The molecule has 33 heavy (non-hydrogen) atoms. The Balaban J connectivity index is 0.00000385. The SMILES string of the molecule is O=S(=O)([O-])OC[C@H]1O[C@@H](Oc2cc(O)cc(/C=C\c3ccc(O)cc3)c2)[C@H](O)[C@@H](O)[C@@H]1O.[Na+]. The zero-order valence-corrected chi connectivity index (χ0v) is 20.2. The topological polar surface area (TPSA) is 186 Å². The summed E-state index contributed by atoms with van der Waals surface area (Å²) in [6, 6.07) is 10.5. The Hall–Kier alpha value is -1.71. The quantitative estimate of drug-likeness (QED) is 0.114. The van der Waals surface area contributed by atoms with E-state index in [-0.39, 0.29) is 46.8 Å². The first-order chi connectivity index (χ1) is 15.0. The third kappa shape index (κ3) is 7.93. The third-order valence-corrected chi connectivity index (χ3v) is 5.00. The van der Waals surface area contributed by atoms with Gasteiger partial charge in [0.25, 0.3) is 0 Å². The second-order valence-corrected chi connectivity index (χ2v) is 8.06. The minimum absolute atomic E-state index is 0. The number of phenols is 2. The Bertz CT molecular complexity index is 1060. The Morgan fingerprint density at radius 3 is 2.18 bits per heavy atom. The van der Waals surface area contributed by atoms with Crippen molar-refractivity contribution in [1.29, 1.82) is 0 Å². The smallest absolute Gasteiger partial charge is 0.726 e. The average molecular weight is 492 g/mol. The molecule has 5 atom stereocenters. The molecule has 0 amide bonds. The van der Waals surface area contributed by atoms with Crippen molar-refractivity contribution >= 4 is 22.6 Å². The molecule has 1 fully saturated rings. The molecule has 0 aliphatic carbocycles. The van der Waals surface area contributed by atoms with Gasteiger partial charge >= 0.3 is 29.6 Å². The van der Waals surface area contributed by atoms with Crippen molar-refractivity contribution in [2.45, 2.75) is 30.7 Å². The predicted octanol–water partition coefficient (Wildman–Crippen LogP) is -3.06. The zero-order chi connectivity index (χ0) is 23.5. The molecule has 0 radical (unpaired) electrons. The number of phenolic OH excluding ortho intramolecular Hbond substituents is 2. The first kappa shape index (κ1) is 27.5. The number of hydrogen-bond acceptors (Lipinski definition) is 11. The van der Waals surface area contributed by atoms with Crippen molar-refractivity contribution in [2.24, 2.45) is 0 Å². The summed E-state index contributed by atoms with van der Waals surface area (Å²) < 4.78 is 46.8. The molecule has 5 N–H and O–H groups in total. The molecule has 0 bridgehead atoms. The molecular formula is C20H21NaO11S. The van der Waals surface area contributed by atoms with Crippen LogP contribution in [0.15, 0.2) is 42.5 Å². The van der Waals surface area contributed by atoms with Gasteiger partial charge in [0, 0.05) is 6.07 Å². The summed E-state index contributed by atoms with van der Waals surface area (Å²) in [5.41, 5.74) is 1.27. The van der Waals surface area contributed by atoms with E-state index in [2.05, 4.69) is 4.18 Å².